The van der Waals surface area contributed by atoms with Gasteiger partial charge in [0.05, 0.1) is 13.2 Å². The van der Waals surface area contributed by atoms with Crippen molar-refractivity contribution < 1.29 is 19.0 Å². The highest BCUT2D eigenvalue weighted by atomic mass is 16.8. The van der Waals surface area contributed by atoms with Gasteiger partial charge in [0.15, 0.2) is 12.2 Å². The molecule has 17 heavy (non-hydrogen) atoms. The van der Waals surface area contributed by atoms with Crippen LogP contribution in [0.4, 0.5) is 4.79 Å². The molecule has 0 aromatic heterocycles. The fourth-order valence-electron chi connectivity index (χ4n) is 1.60. The average Bonchev–Trinajstić information content (AvgIpc) is 2.71. The van der Waals surface area contributed by atoms with Gasteiger partial charge in [0.25, 0.3) is 0 Å². The normalized spacial score (nSPS) is 22.9. The van der Waals surface area contributed by atoms with Gasteiger partial charge in [0.1, 0.15) is 0 Å². The second-order valence-corrected chi connectivity index (χ2v) is 3.73. The first-order chi connectivity index (χ1) is 8.29. The minimum absolute atomic E-state index is 0.303. The molecule has 0 bridgehead atoms. The van der Waals surface area contributed by atoms with Gasteiger partial charge in [-0.2, -0.15) is 0 Å². The van der Waals surface area contributed by atoms with Crippen LogP contribution in [0.3, 0.4) is 0 Å². The Morgan fingerprint density at radius 2 is 2.06 bits per heavy atom. The van der Waals surface area contributed by atoms with Gasteiger partial charge in [-0.25, -0.2) is 4.79 Å². The molecule has 1 fully saturated rings. The highest BCUT2D eigenvalue weighted by molar-refractivity contribution is 5.63. The molecule has 0 amide bonds. The number of hydrogen-bond acceptors (Lipinski definition) is 4. The standard InChI is InChI=1S/C13H14O4/c1-2-11-12(17-13(14)16-11)9-15-8-10-6-4-3-5-7-10/h2-7,11-12H,1,8-9H2/t11-,12+/m0/s1. The van der Waals surface area contributed by atoms with E-state index in [-0.39, 0.29) is 0 Å². The van der Waals surface area contributed by atoms with Crippen molar-refractivity contribution in [2.24, 2.45) is 0 Å². The molecular formula is C13H14O4. The molecule has 90 valence electrons. The molecule has 2 atom stereocenters. The lowest BCUT2D eigenvalue weighted by Gasteiger charge is -2.12. The van der Waals surface area contributed by atoms with Crippen LogP contribution in [0.25, 0.3) is 0 Å². The summed E-state index contributed by atoms with van der Waals surface area (Å²) < 4.78 is 15.3. The molecular weight excluding hydrogens is 220 g/mol. The van der Waals surface area contributed by atoms with Gasteiger partial charge in [-0.15, -0.1) is 0 Å². The predicted molar refractivity (Wildman–Crippen MR) is 61.4 cm³/mol. The van der Waals surface area contributed by atoms with E-state index >= 15 is 0 Å². The molecule has 0 aliphatic carbocycles. The van der Waals surface area contributed by atoms with Gasteiger partial charge in [-0.3, -0.25) is 0 Å². The van der Waals surface area contributed by atoms with Gasteiger partial charge >= 0.3 is 6.16 Å². The lowest BCUT2D eigenvalue weighted by Crippen LogP contribution is -2.25. The Hall–Kier alpha value is -1.81. The summed E-state index contributed by atoms with van der Waals surface area (Å²) in [6.07, 6.45) is 0.0618. The molecule has 1 saturated heterocycles. The zero-order chi connectivity index (χ0) is 12.1. The Morgan fingerprint density at radius 3 is 2.76 bits per heavy atom. The molecule has 1 aliphatic rings. The number of cyclic esters (lactones) is 2. The Labute approximate surface area is 99.8 Å². The van der Waals surface area contributed by atoms with Gasteiger partial charge < -0.3 is 14.2 Å². The number of ether oxygens (including phenoxy) is 3. The van der Waals surface area contributed by atoms with Crippen LogP contribution in [0.15, 0.2) is 43.0 Å². The smallest absolute Gasteiger partial charge is 0.424 e. The molecule has 2 rings (SSSR count). The predicted octanol–water partition coefficient (Wildman–Crippen LogP) is 2.29. The largest absolute Gasteiger partial charge is 0.509 e. The zero-order valence-corrected chi connectivity index (χ0v) is 9.37. The Bertz CT molecular complexity index is 388. The number of carbonyl (C=O) groups excluding carboxylic acids is 1. The van der Waals surface area contributed by atoms with E-state index in [2.05, 4.69) is 6.58 Å². The van der Waals surface area contributed by atoms with E-state index in [1.54, 1.807) is 6.08 Å². The summed E-state index contributed by atoms with van der Waals surface area (Å²) in [7, 11) is 0. The highest BCUT2D eigenvalue weighted by Crippen LogP contribution is 2.16. The van der Waals surface area contributed by atoms with E-state index in [1.165, 1.54) is 0 Å². The molecule has 1 heterocycles. The Morgan fingerprint density at radius 1 is 1.29 bits per heavy atom. The van der Waals surface area contributed by atoms with Gasteiger partial charge in [-0.05, 0) is 11.6 Å². The maximum absolute atomic E-state index is 10.9. The molecule has 4 heteroatoms. The maximum Gasteiger partial charge on any atom is 0.509 e. The molecule has 1 aromatic rings. The van der Waals surface area contributed by atoms with Gasteiger partial charge in [0.2, 0.25) is 0 Å². The number of carbonyl (C=O) groups is 1. The lowest BCUT2D eigenvalue weighted by atomic mass is 10.2. The topological polar surface area (TPSA) is 44.8 Å². The first-order valence-corrected chi connectivity index (χ1v) is 5.41. The molecule has 4 nitrogen and oxygen atoms in total. The summed E-state index contributed by atoms with van der Waals surface area (Å²) in [5.41, 5.74) is 1.08. The number of hydrogen-bond donors (Lipinski definition) is 0. The van der Waals surface area contributed by atoms with Crippen LogP contribution in [0.2, 0.25) is 0 Å². The SMILES string of the molecule is C=C[C@@H]1OC(=O)O[C@@H]1COCc1ccccc1. The van der Waals surface area contributed by atoms with Crippen LogP contribution in [0.1, 0.15) is 5.56 Å². The zero-order valence-electron chi connectivity index (χ0n) is 9.37. The third-order valence-electron chi connectivity index (χ3n) is 2.47. The maximum atomic E-state index is 10.9. The van der Waals surface area contributed by atoms with Gasteiger partial charge in [0, 0.05) is 0 Å². The second kappa shape index (κ2) is 5.50. The van der Waals surface area contributed by atoms with Crippen molar-refractivity contribution in [2.45, 2.75) is 18.8 Å². The highest BCUT2D eigenvalue weighted by Gasteiger charge is 2.34. The van der Waals surface area contributed by atoms with Crippen molar-refractivity contribution in [1.29, 1.82) is 0 Å². The van der Waals surface area contributed by atoms with Crippen molar-refractivity contribution in [1.82, 2.24) is 0 Å². The summed E-state index contributed by atoms with van der Waals surface area (Å²) in [6.45, 7) is 4.37. The van der Waals surface area contributed by atoms with E-state index in [0.29, 0.717) is 13.2 Å². The first kappa shape index (κ1) is 11.7. The number of rotatable bonds is 5. The van der Waals surface area contributed by atoms with E-state index in [9.17, 15) is 4.79 Å². The molecule has 1 aromatic carbocycles. The first-order valence-electron chi connectivity index (χ1n) is 5.41. The molecule has 0 spiro atoms. The van der Waals surface area contributed by atoms with Crippen LogP contribution in [-0.2, 0) is 20.8 Å². The van der Waals surface area contributed by atoms with E-state index in [0.717, 1.165) is 5.56 Å². The summed E-state index contributed by atoms with van der Waals surface area (Å²) in [5, 5.41) is 0. The lowest BCUT2D eigenvalue weighted by molar-refractivity contribution is 0.0305. The fourth-order valence-corrected chi connectivity index (χ4v) is 1.60. The van der Waals surface area contributed by atoms with Crippen LogP contribution < -0.4 is 0 Å². The van der Waals surface area contributed by atoms with Gasteiger partial charge in [-0.1, -0.05) is 36.9 Å². The third kappa shape index (κ3) is 3.07. The van der Waals surface area contributed by atoms with Crippen molar-refractivity contribution in [3.63, 3.8) is 0 Å². The summed E-state index contributed by atoms with van der Waals surface area (Å²) in [5.74, 6) is 0. The van der Waals surface area contributed by atoms with Crippen LogP contribution in [0, 0.1) is 0 Å². The minimum atomic E-state index is -0.664. The van der Waals surface area contributed by atoms with Crippen LogP contribution >= 0.6 is 0 Å². The Kier molecular flexibility index (Phi) is 3.77. The van der Waals surface area contributed by atoms with Crippen molar-refractivity contribution in [3.05, 3.63) is 48.6 Å². The summed E-state index contributed by atoms with van der Waals surface area (Å²) in [4.78, 5) is 10.9. The quantitative estimate of drug-likeness (QED) is 0.579. The minimum Gasteiger partial charge on any atom is -0.424 e. The van der Waals surface area contributed by atoms with E-state index in [1.807, 2.05) is 30.3 Å². The van der Waals surface area contributed by atoms with E-state index < -0.39 is 18.4 Å². The van der Waals surface area contributed by atoms with Crippen molar-refractivity contribution >= 4 is 6.16 Å². The fraction of sp³-hybridized carbons (Fsp3) is 0.308. The van der Waals surface area contributed by atoms with E-state index in [4.69, 9.17) is 14.2 Å². The second-order valence-electron chi connectivity index (χ2n) is 3.73. The average molecular weight is 234 g/mol. The molecule has 0 N–H and O–H groups in total. The number of benzene rings is 1. The molecule has 0 saturated carbocycles. The van der Waals surface area contributed by atoms with Crippen LogP contribution in [-0.4, -0.2) is 25.0 Å². The van der Waals surface area contributed by atoms with Crippen molar-refractivity contribution in [2.75, 3.05) is 6.61 Å². The van der Waals surface area contributed by atoms with Crippen molar-refractivity contribution in [3.8, 4) is 0 Å². The van der Waals surface area contributed by atoms with Crippen LogP contribution in [0.5, 0.6) is 0 Å². The molecule has 0 unspecified atom stereocenters. The molecule has 1 aliphatic heterocycles. The summed E-state index contributed by atoms with van der Waals surface area (Å²) in [6, 6.07) is 9.79. The molecule has 0 radical (unpaired) electrons. The Balaban J connectivity index is 1.79. The summed E-state index contributed by atoms with van der Waals surface area (Å²) >= 11 is 0. The monoisotopic (exact) mass is 234 g/mol. The third-order valence-corrected chi connectivity index (χ3v) is 2.47.